The number of nitrogens with zero attached hydrogens (tertiary/aromatic N) is 2. The summed E-state index contributed by atoms with van der Waals surface area (Å²) in [7, 11) is 0. The standard InChI is InChI=1S/C13H10ClN3O/c14-11-4-5-13(16)17-12(11)8-18-10-3-1-2-9(6-10)7-15/h1-6H,8H2,(H2,16,17). The van der Waals surface area contributed by atoms with Gasteiger partial charge in [-0.2, -0.15) is 5.26 Å². The van der Waals surface area contributed by atoms with Crippen LogP contribution in [0.3, 0.4) is 0 Å². The topological polar surface area (TPSA) is 71.9 Å². The van der Waals surface area contributed by atoms with E-state index in [1.54, 1.807) is 36.4 Å². The first-order valence-corrected chi connectivity index (χ1v) is 5.60. The molecule has 0 aliphatic heterocycles. The highest BCUT2D eigenvalue weighted by Crippen LogP contribution is 2.19. The predicted octanol–water partition coefficient (Wildman–Crippen LogP) is 2.77. The molecular weight excluding hydrogens is 250 g/mol. The van der Waals surface area contributed by atoms with Crippen molar-refractivity contribution in [2.75, 3.05) is 5.73 Å². The second kappa shape index (κ2) is 5.39. The fourth-order valence-electron chi connectivity index (χ4n) is 1.41. The average Bonchev–Trinajstić information content (AvgIpc) is 2.40. The third-order valence-corrected chi connectivity index (χ3v) is 2.62. The molecule has 0 bridgehead atoms. The second-order valence-electron chi connectivity index (χ2n) is 3.59. The Labute approximate surface area is 110 Å². The third-order valence-electron chi connectivity index (χ3n) is 2.28. The molecular formula is C13H10ClN3O. The highest BCUT2D eigenvalue weighted by molar-refractivity contribution is 6.31. The number of ether oxygens (including phenoxy) is 1. The molecule has 90 valence electrons. The van der Waals surface area contributed by atoms with Crippen LogP contribution in [-0.2, 0) is 6.61 Å². The zero-order valence-electron chi connectivity index (χ0n) is 9.43. The molecule has 2 N–H and O–H groups in total. The van der Waals surface area contributed by atoms with Gasteiger partial charge in [-0.3, -0.25) is 0 Å². The van der Waals surface area contributed by atoms with Crippen molar-refractivity contribution in [2.24, 2.45) is 0 Å². The van der Waals surface area contributed by atoms with Crippen LogP contribution in [0.15, 0.2) is 36.4 Å². The summed E-state index contributed by atoms with van der Waals surface area (Å²) in [6, 6.07) is 12.2. The Morgan fingerprint density at radius 3 is 2.94 bits per heavy atom. The van der Waals surface area contributed by atoms with Crippen molar-refractivity contribution in [3.63, 3.8) is 0 Å². The summed E-state index contributed by atoms with van der Waals surface area (Å²) < 4.78 is 5.52. The molecule has 1 aromatic carbocycles. The van der Waals surface area contributed by atoms with E-state index in [0.29, 0.717) is 27.8 Å². The van der Waals surface area contributed by atoms with Crippen LogP contribution in [0.4, 0.5) is 5.82 Å². The van der Waals surface area contributed by atoms with E-state index >= 15 is 0 Å². The number of nitrogen functional groups attached to an aromatic ring is 1. The number of nitrogens with two attached hydrogens (primary N) is 1. The summed E-state index contributed by atoms with van der Waals surface area (Å²) in [5.74, 6) is 0.984. The van der Waals surface area contributed by atoms with Gasteiger partial charge in [0.05, 0.1) is 22.3 Å². The largest absolute Gasteiger partial charge is 0.487 e. The summed E-state index contributed by atoms with van der Waals surface area (Å²) in [4.78, 5) is 4.09. The summed E-state index contributed by atoms with van der Waals surface area (Å²) >= 11 is 5.97. The number of anilines is 1. The fourth-order valence-corrected chi connectivity index (χ4v) is 1.57. The quantitative estimate of drug-likeness (QED) is 0.920. The Balaban J connectivity index is 2.11. The van der Waals surface area contributed by atoms with Crippen molar-refractivity contribution in [3.8, 4) is 11.8 Å². The lowest BCUT2D eigenvalue weighted by Crippen LogP contribution is -2.01. The van der Waals surface area contributed by atoms with E-state index in [0.717, 1.165) is 0 Å². The van der Waals surface area contributed by atoms with E-state index in [1.165, 1.54) is 0 Å². The Bertz CT molecular complexity index is 607. The van der Waals surface area contributed by atoms with Gasteiger partial charge in [-0.25, -0.2) is 4.98 Å². The summed E-state index contributed by atoms with van der Waals surface area (Å²) in [5, 5.41) is 9.27. The lowest BCUT2D eigenvalue weighted by molar-refractivity contribution is 0.301. The van der Waals surface area contributed by atoms with E-state index in [9.17, 15) is 0 Å². The number of halogens is 1. The van der Waals surface area contributed by atoms with Gasteiger partial charge in [-0.15, -0.1) is 0 Å². The predicted molar refractivity (Wildman–Crippen MR) is 69.1 cm³/mol. The fraction of sp³-hybridized carbons (Fsp3) is 0.0769. The van der Waals surface area contributed by atoms with E-state index in [2.05, 4.69) is 4.98 Å². The maximum absolute atomic E-state index is 8.77. The second-order valence-corrected chi connectivity index (χ2v) is 4.00. The lowest BCUT2D eigenvalue weighted by Gasteiger charge is -2.07. The number of aromatic nitrogens is 1. The first-order valence-electron chi connectivity index (χ1n) is 5.23. The van der Waals surface area contributed by atoms with Crippen LogP contribution in [0.5, 0.6) is 5.75 Å². The van der Waals surface area contributed by atoms with Gasteiger partial charge in [-0.05, 0) is 30.3 Å². The molecule has 0 saturated heterocycles. The average molecular weight is 260 g/mol. The van der Waals surface area contributed by atoms with E-state index in [-0.39, 0.29) is 6.61 Å². The highest BCUT2D eigenvalue weighted by Gasteiger charge is 2.04. The van der Waals surface area contributed by atoms with Gasteiger partial charge >= 0.3 is 0 Å². The van der Waals surface area contributed by atoms with E-state index in [4.69, 9.17) is 27.3 Å². The maximum Gasteiger partial charge on any atom is 0.132 e. The highest BCUT2D eigenvalue weighted by atomic mass is 35.5. The molecule has 1 heterocycles. The summed E-state index contributed by atoms with van der Waals surface area (Å²) in [5.41, 5.74) is 6.68. The monoisotopic (exact) mass is 259 g/mol. The Morgan fingerprint density at radius 1 is 1.33 bits per heavy atom. The van der Waals surface area contributed by atoms with Gasteiger partial charge in [0.25, 0.3) is 0 Å². The van der Waals surface area contributed by atoms with Crippen LogP contribution < -0.4 is 10.5 Å². The van der Waals surface area contributed by atoms with Crippen molar-refractivity contribution in [2.45, 2.75) is 6.61 Å². The lowest BCUT2D eigenvalue weighted by atomic mass is 10.2. The normalized spacial score (nSPS) is 9.78. The third kappa shape index (κ3) is 2.90. The Hall–Kier alpha value is -2.25. The number of hydrogen-bond acceptors (Lipinski definition) is 4. The van der Waals surface area contributed by atoms with Crippen molar-refractivity contribution in [3.05, 3.63) is 52.7 Å². The number of benzene rings is 1. The molecule has 0 atom stereocenters. The van der Waals surface area contributed by atoms with Crippen molar-refractivity contribution >= 4 is 17.4 Å². The van der Waals surface area contributed by atoms with E-state index < -0.39 is 0 Å². The van der Waals surface area contributed by atoms with E-state index in [1.807, 2.05) is 6.07 Å². The van der Waals surface area contributed by atoms with Gasteiger partial charge in [0.1, 0.15) is 18.2 Å². The molecule has 5 heteroatoms. The van der Waals surface area contributed by atoms with Crippen molar-refractivity contribution in [1.29, 1.82) is 5.26 Å². The number of nitriles is 1. The molecule has 0 radical (unpaired) electrons. The number of pyridine rings is 1. The molecule has 18 heavy (non-hydrogen) atoms. The minimum Gasteiger partial charge on any atom is -0.487 e. The zero-order chi connectivity index (χ0) is 13.0. The minimum atomic E-state index is 0.207. The molecule has 0 aliphatic carbocycles. The van der Waals surface area contributed by atoms with Gasteiger partial charge in [0.2, 0.25) is 0 Å². The molecule has 2 rings (SSSR count). The van der Waals surface area contributed by atoms with Crippen LogP contribution in [0.1, 0.15) is 11.3 Å². The number of hydrogen-bond donors (Lipinski definition) is 1. The molecule has 0 spiro atoms. The molecule has 0 fully saturated rings. The smallest absolute Gasteiger partial charge is 0.132 e. The molecule has 2 aromatic rings. The van der Waals surface area contributed by atoms with Crippen LogP contribution in [0.25, 0.3) is 0 Å². The minimum absolute atomic E-state index is 0.207. The van der Waals surface area contributed by atoms with Crippen LogP contribution in [0.2, 0.25) is 5.02 Å². The van der Waals surface area contributed by atoms with Crippen molar-refractivity contribution < 1.29 is 4.74 Å². The zero-order valence-corrected chi connectivity index (χ0v) is 10.2. The molecule has 0 aliphatic rings. The Kier molecular flexibility index (Phi) is 3.66. The molecule has 1 aromatic heterocycles. The van der Waals surface area contributed by atoms with Crippen molar-refractivity contribution in [1.82, 2.24) is 4.98 Å². The van der Waals surface area contributed by atoms with Crippen LogP contribution in [-0.4, -0.2) is 4.98 Å². The molecule has 0 unspecified atom stereocenters. The first kappa shape index (κ1) is 12.2. The Morgan fingerprint density at radius 2 is 2.17 bits per heavy atom. The molecule has 0 saturated carbocycles. The van der Waals surface area contributed by atoms with Crippen LogP contribution in [0, 0.1) is 11.3 Å². The number of rotatable bonds is 3. The summed E-state index contributed by atoms with van der Waals surface area (Å²) in [6.07, 6.45) is 0. The molecule has 0 amide bonds. The van der Waals surface area contributed by atoms with Crippen LogP contribution >= 0.6 is 11.6 Å². The maximum atomic E-state index is 8.77. The van der Waals surface area contributed by atoms with Gasteiger partial charge in [0.15, 0.2) is 0 Å². The van der Waals surface area contributed by atoms with Gasteiger partial charge in [0, 0.05) is 0 Å². The van der Waals surface area contributed by atoms with Gasteiger partial charge < -0.3 is 10.5 Å². The SMILES string of the molecule is N#Cc1cccc(OCc2nc(N)ccc2Cl)c1. The van der Waals surface area contributed by atoms with Gasteiger partial charge in [-0.1, -0.05) is 17.7 Å². The first-order chi connectivity index (χ1) is 8.69. The summed E-state index contributed by atoms with van der Waals surface area (Å²) in [6.45, 7) is 0.207. The molecule has 4 nitrogen and oxygen atoms in total.